The number of rotatable bonds is 4. The van der Waals surface area contributed by atoms with Gasteiger partial charge in [-0.3, -0.25) is 0 Å². The van der Waals surface area contributed by atoms with Gasteiger partial charge in [-0.1, -0.05) is 126 Å². The van der Waals surface area contributed by atoms with E-state index in [1.807, 2.05) is 32.0 Å². The first-order valence-corrected chi connectivity index (χ1v) is 17.7. The lowest BCUT2D eigenvalue weighted by atomic mass is 9.98. The highest BCUT2D eigenvalue weighted by Crippen LogP contribution is 2.38. The summed E-state index contributed by atoms with van der Waals surface area (Å²) in [5, 5.41) is 2.62. The van der Waals surface area contributed by atoms with Crippen LogP contribution in [0.4, 0.5) is 0 Å². The van der Waals surface area contributed by atoms with E-state index in [4.69, 9.17) is 4.42 Å². The van der Waals surface area contributed by atoms with Gasteiger partial charge in [0.15, 0.2) is 0 Å². The first-order valence-electron chi connectivity index (χ1n) is 17.7. The maximum absolute atomic E-state index is 5.65. The summed E-state index contributed by atoms with van der Waals surface area (Å²) in [6.07, 6.45) is 15.1. The predicted octanol–water partition coefficient (Wildman–Crippen LogP) is 13.7. The average Bonchev–Trinajstić information content (AvgIpc) is 3.64. The van der Waals surface area contributed by atoms with Gasteiger partial charge in [-0.15, -0.1) is 0 Å². The largest absolute Gasteiger partial charge is 0.461 e. The minimum atomic E-state index is 1.04. The van der Waals surface area contributed by atoms with E-state index < -0.39 is 0 Å². The molecule has 8 rings (SSSR count). The molecule has 0 bridgehead atoms. The summed E-state index contributed by atoms with van der Waals surface area (Å²) in [6.45, 7) is 12.6. The normalized spacial score (nSPS) is 12.2. The summed E-state index contributed by atoms with van der Waals surface area (Å²) in [5.41, 5.74) is 14.0. The van der Waals surface area contributed by atoms with Crippen molar-refractivity contribution in [2.45, 2.75) is 54.4 Å². The molecule has 1 aliphatic rings. The monoisotopic (exact) mass is 653 g/mol. The van der Waals surface area contributed by atoms with Gasteiger partial charge < -0.3 is 8.98 Å². The molecule has 2 aromatic heterocycles. The predicted molar refractivity (Wildman–Crippen MR) is 217 cm³/mol. The maximum Gasteiger partial charge on any atom is 0.130 e. The molecule has 0 saturated heterocycles. The minimum absolute atomic E-state index is 1.04. The molecule has 2 heterocycles. The van der Waals surface area contributed by atoms with E-state index in [-0.39, 0.29) is 0 Å². The highest BCUT2D eigenvalue weighted by atomic mass is 16.3. The molecule has 0 saturated carbocycles. The summed E-state index contributed by atoms with van der Waals surface area (Å²) < 4.78 is 8.04. The third-order valence-corrected chi connectivity index (χ3v) is 9.29. The van der Waals surface area contributed by atoms with Gasteiger partial charge in [-0.2, -0.15) is 0 Å². The molecule has 50 heavy (non-hydrogen) atoms. The molecule has 0 spiro atoms. The van der Waals surface area contributed by atoms with E-state index >= 15 is 0 Å². The van der Waals surface area contributed by atoms with E-state index in [0.717, 1.165) is 24.4 Å². The van der Waals surface area contributed by atoms with E-state index in [1.54, 1.807) is 0 Å². The SMILES string of the molecule is C/C=C/c1c(C)oc2c1CCC=C2.C/C=C\c1c(C)ccc2c1c1cc(-c3ccc(C)cc3)ccc1n2-c1ccccc1.Cc1ccccc1. The average molecular weight is 654 g/mol. The molecule has 0 unspecified atom stereocenters. The van der Waals surface area contributed by atoms with Crippen molar-refractivity contribution in [3.05, 3.63) is 178 Å². The van der Waals surface area contributed by atoms with Crippen molar-refractivity contribution in [1.29, 1.82) is 0 Å². The number of para-hydroxylation sites is 1. The Bertz CT molecular complexity index is 2290. The number of aromatic nitrogens is 1. The van der Waals surface area contributed by atoms with Gasteiger partial charge in [-0.25, -0.2) is 0 Å². The Labute approximate surface area is 297 Å². The number of nitrogens with zero attached hydrogens (tertiary/aromatic N) is 1. The zero-order chi connectivity index (χ0) is 35.0. The molecule has 0 amide bonds. The second-order valence-electron chi connectivity index (χ2n) is 13.0. The minimum Gasteiger partial charge on any atom is -0.461 e. The Hall–Kier alpha value is -5.60. The van der Waals surface area contributed by atoms with Crippen molar-refractivity contribution in [3.63, 3.8) is 0 Å². The molecule has 7 aromatic rings. The molecule has 1 aliphatic carbocycles. The van der Waals surface area contributed by atoms with E-state index in [0.29, 0.717) is 0 Å². The Balaban J connectivity index is 0.000000176. The number of fused-ring (bicyclic) bond motifs is 4. The van der Waals surface area contributed by atoms with Crippen molar-refractivity contribution < 1.29 is 4.42 Å². The molecular weight excluding hydrogens is 607 g/mol. The number of benzene rings is 5. The Morgan fingerprint density at radius 1 is 0.620 bits per heavy atom. The Morgan fingerprint density at radius 3 is 1.90 bits per heavy atom. The van der Waals surface area contributed by atoms with Crippen LogP contribution in [0.15, 0.2) is 138 Å². The molecule has 2 heteroatoms. The number of hydrogen-bond acceptors (Lipinski definition) is 1. The van der Waals surface area contributed by atoms with Crippen LogP contribution in [0.2, 0.25) is 0 Å². The molecular formula is C48H47NO. The van der Waals surface area contributed by atoms with Crippen LogP contribution < -0.4 is 0 Å². The molecule has 250 valence electrons. The zero-order valence-electron chi connectivity index (χ0n) is 30.2. The fourth-order valence-electron chi connectivity index (χ4n) is 6.76. The second-order valence-corrected chi connectivity index (χ2v) is 13.0. The van der Waals surface area contributed by atoms with Crippen molar-refractivity contribution in [2.24, 2.45) is 0 Å². The number of aryl methyl sites for hydroxylation is 4. The molecule has 0 radical (unpaired) electrons. The van der Waals surface area contributed by atoms with Crippen LogP contribution in [-0.4, -0.2) is 4.57 Å². The number of allylic oxidation sites excluding steroid dienone is 3. The van der Waals surface area contributed by atoms with Crippen molar-refractivity contribution in [2.75, 3.05) is 0 Å². The summed E-state index contributed by atoms with van der Waals surface area (Å²) in [6, 6.07) is 41.1. The maximum atomic E-state index is 5.65. The third-order valence-electron chi connectivity index (χ3n) is 9.29. The van der Waals surface area contributed by atoms with Crippen LogP contribution in [-0.2, 0) is 6.42 Å². The van der Waals surface area contributed by atoms with Gasteiger partial charge in [-0.05, 0) is 113 Å². The summed E-state index contributed by atoms with van der Waals surface area (Å²) in [4.78, 5) is 0. The van der Waals surface area contributed by atoms with Gasteiger partial charge in [0.05, 0.1) is 11.0 Å². The second kappa shape index (κ2) is 15.7. The molecule has 2 nitrogen and oxygen atoms in total. The zero-order valence-corrected chi connectivity index (χ0v) is 30.2. The smallest absolute Gasteiger partial charge is 0.130 e. The van der Waals surface area contributed by atoms with E-state index in [9.17, 15) is 0 Å². The number of hydrogen-bond donors (Lipinski definition) is 0. The lowest BCUT2D eigenvalue weighted by molar-refractivity contribution is 0.520. The summed E-state index contributed by atoms with van der Waals surface area (Å²) in [5.74, 6) is 2.09. The molecule has 5 aromatic carbocycles. The highest BCUT2D eigenvalue weighted by Gasteiger charge is 2.17. The fourth-order valence-corrected chi connectivity index (χ4v) is 6.76. The van der Waals surface area contributed by atoms with Gasteiger partial charge in [0.25, 0.3) is 0 Å². The van der Waals surface area contributed by atoms with Gasteiger partial charge >= 0.3 is 0 Å². The van der Waals surface area contributed by atoms with Crippen LogP contribution in [0.3, 0.4) is 0 Å². The highest BCUT2D eigenvalue weighted by molar-refractivity contribution is 6.14. The van der Waals surface area contributed by atoms with Gasteiger partial charge in [0, 0.05) is 27.6 Å². The summed E-state index contributed by atoms with van der Waals surface area (Å²) in [7, 11) is 0. The molecule has 0 N–H and O–H groups in total. The molecule has 0 fully saturated rings. The van der Waals surface area contributed by atoms with Crippen LogP contribution in [0.5, 0.6) is 0 Å². The Morgan fingerprint density at radius 2 is 1.24 bits per heavy atom. The van der Waals surface area contributed by atoms with Gasteiger partial charge in [0.2, 0.25) is 0 Å². The standard InChI is InChI=1S/C29H25N.C12H14O.C7H8/c1-4-8-25-21(3)13-17-28-29(25)26-19-23(22-14-11-20(2)12-15-22)16-18-27(26)30(28)24-9-6-5-7-10-24;1-3-6-10-9(2)13-12-8-5-4-7-11(10)12;1-7-5-3-2-4-6-7/h4-19H,1-3H3;3,5-6,8H,4,7H2,1-2H3;2-6H,1H3/b8-4-;6-3+;. The van der Waals surface area contributed by atoms with Crippen LogP contribution in [0.1, 0.15) is 65.2 Å². The first-order chi connectivity index (χ1) is 24.4. The van der Waals surface area contributed by atoms with Crippen LogP contribution in [0, 0.1) is 27.7 Å². The summed E-state index contributed by atoms with van der Waals surface area (Å²) >= 11 is 0. The van der Waals surface area contributed by atoms with Crippen molar-refractivity contribution in [3.8, 4) is 16.8 Å². The van der Waals surface area contributed by atoms with Crippen LogP contribution in [0.25, 0.3) is 56.8 Å². The van der Waals surface area contributed by atoms with E-state index in [2.05, 4.69) is 166 Å². The molecule has 0 atom stereocenters. The molecule has 0 aliphatic heterocycles. The van der Waals surface area contributed by atoms with Crippen LogP contribution >= 0.6 is 0 Å². The Kier molecular flexibility index (Phi) is 10.8. The first kappa shape index (κ1) is 34.3. The third kappa shape index (κ3) is 7.36. The number of furan rings is 1. The van der Waals surface area contributed by atoms with Crippen molar-refractivity contribution in [1.82, 2.24) is 4.57 Å². The topological polar surface area (TPSA) is 18.1 Å². The fraction of sp³-hybridized carbons (Fsp3) is 0.167. The quantitative estimate of drug-likeness (QED) is 0.185. The lowest BCUT2D eigenvalue weighted by Crippen LogP contribution is -1.93. The van der Waals surface area contributed by atoms with Gasteiger partial charge in [0.1, 0.15) is 11.5 Å². The lowest BCUT2D eigenvalue weighted by Gasteiger charge is -2.09. The van der Waals surface area contributed by atoms with E-state index in [1.165, 1.54) is 72.0 Å². The van der Waals surface area contributed by atoms with Crippen molar-refractivity contribution >= 4 is 40.0 Å².